The van der Waals surface area contributed by atoms with Crippen LogP contribution < -0.4 is 0 Å². The summed E-state index contributed by atoms with van der Waals surface area (Å²) in [6.45, 7) is 22.7. The zero-order valence-electron chi connectivity index (χ0n) is 21.3. The third kappa shape index (κ3) is 25.3. The highest BCUT2D eigenvalue weighted by Gasteiger charge is 2.23. The number of rotatable bonds is 7. The average Bonchev–Trinajstić information content (AvgIpc) is 3.18. The molecule has 0 N–H and O–H groups in total. The topological polar surface area (TPSA) is 29.5 Å². The van der Waals surface area contributed by atoms with Gasteiger partial charge in [0.1, 0.15) is 5.60 Å². The van der Waals surface area contributed by atoms with Gasteiger partial charge in [0.05, 0.1) is 0 Å². The number of nitrogens with zero attached hydrogens (tertiary/aromatic N) is 1. The van der Waals surface area contributed by atoms with Gasteiger partial charge in [-0.1, -0.05) is 99.8 Å². The van der Waals surface area contributed by atoms with Gasteiger partial charge in [0.25, 0.3) is 0 Å². The van der Waals surface area contributed by atoms with Gasteiger partial charge in [0, 0.05) is 13.1 Å². The molecule has 3 nitrogen and oxygen atoms in total. The van der Waals surface area contributed by atoms with E-state index in [4.69, 9.17) is 4.74 Å². The molecule has 1 unspecified atom stereocenters. The summed E-state index contributed by atoms with van der Waals surface area (Å²) < 4.78 is 5.21. The lowest BCUT2D eigenvalue weighted by Gasteiger charge is -2.23. The van der Waals surface area contributed by atoms with Gasteiger partial charge in [-0.25, -0.2) is 4.79 Å². The van der Waals surface area contributed by atoms with Crippen molar-refractivity contribution in [1.29, 1.82) is 0 Å². The maximum atomic E-state index is 11.4. The van der Waals surface area contributed by atoms with E-state index < -0.39 is 0 Å². The molecule has 1 fully saturated rings. The van der Waals surface area contributed by atoms with Crippen molar-refractivity contribution in [1.82, 2.24) is 4.90 Å². The molecule has 1 rings (SSSR count). The average molecular weight is 402 g/mol. The van der Waals surface area contributed by atoms with Gasteiger partial charge < -0.3 is 9.64 Å². The van der Waals surface area contributed by atoms with E-state index in [1.165, 1.54) is 51.4 Å². The molecule has 0 aromatic heterocycles. The second kappa shape index (κ2) is 22.6. The van der Waals surface area contributed by atoms with E-state index in [9.17, 15) is 4.79 Å². The summed E-state index contributed by atoms with van der Waals surface area (Å²) in [5.74, 6) is 0.969. The number of amides is 1. The van der Waals surface area contributed by atoms with Crippen molar-refractivity contribution >= 4 is 6.09 Å². The van der Waals surface area contributed by atoms with E-state index in [2.05, 4.69) is 34.6 Å². The molecule has 1 saturated heterocycles. The Bertz CT molecular complexity index is 302. The van der Waals surface area contributed by atoms with E-state index in [1.54, 1.807) is 4.90 Å². The van der Waals surface area contributed by atoms with E-state index in [0.717, 1.165) is 31.8 Å². The number of hydrogen-bond acceptors (Lipinski definition) is 2. The molecular formula is C25H55NO2. The van der Waals surface area contributed by atoms with Crippen LogP contribution in [-0.2, 0) is 4.74 Å². The third-order valence-corrected chi connectivity index (χ3v) is 4.34. The maximum absolute atomic E-state index is 11.4. The fourth-order valence-electron chi connectivity index (χ4n) is 2.61. The molecule has 28 heavy (non-hydrogen) atoms. The number of unbranched alkanes of at least 4 members (excludes halogenated alkanes) is 3. The summed E-state index contributed by atoms with van der Waals surface area (Å²) in [5.41, 5.74) is -0.361. The zero-order valence-corrected chi connectivity index (χ0v) is 21.3. The van der Waals surface area contributed by atoms with E-state index >= 15 is 0 Å². The molecule has 0 aliphatic carbocycles. The van der Waals surface area contributed by atoms with Gasteiger partial charge in [-0.05, 0) is 39.5 Å². The molecule has 0 spiro atoms. The molecule has 0 bridgehead atoms. The van der Waals surface area contributed by atoms with Crippen LogP contribution in [0.3, 0.4) is 0 Å². The van der Waals surface area contributed by atoms with Crippen molar-refractivity contribution in [3.05, 3.63) is 0 Å². The van der Waals surface area contributed by atoms with Crippen LogP contribution in [0.25, 0.3) is 0 Å². The van der Waals surface area contributed by atoms with Gasteiger partial charge >= 0.3 is 6.09 Å². The van der Waals surface area contributed by atoms with Crippen LogP contribution in [0, 0.1) is 5.92 Å². The quantitative estimate of drug-likeness (QED) is 0.399. The largest absolute Gasteiger partial charge is 0.444 e. The summed E-state index contributed by atoms with van der Waals surface area (Å²) >= 11 is 0. The summed E-state index contributed by atoms with van der Waals surface area (Å²) in [7, 11) is 0. The van der Waals surface area contributed by atoms with Crippen LogP contribution in [-0.4, -0.2) is 29.7 Å². The fraction of sp³-hybridized carbons (Fsp3) is 0.960. The minimum absolute atomic E-state index is 0.167. The molecule has 172 valence electrons. The lowest BCUT2D eigenvalue weighted by Crippen LogP contribution is -2.34. The monoisotopic (exact) mass is 401 g/mol. The summed E-state index contributed by atoms with van der Waals surface area (Å²) in [6.07, 6.45) is 13.1. The molecule has 1 heterocycles. The van der Waals surface area contributed by atoms with Crippen molar-refractivity contribution < 1.29 is 9.53 Å². The summed E-state index contributed by atoms with van der Waals surface area (Å²) in [6, 6.07) is 0. The molecule has 1 amide bonds. The molecule has 3 heteroatoms. The minimum atomic E-state index is -0.361. The Morgan fingerprint density at radius 2 is 1.36 bits per heavy atom. The third-order valence-electron chi connectivity index (χ3n) is 4.34. The van der Waals surface area contributed by atoms with E-state index in [-0.39, 0.29) is 11.7 Å². The molecule has 0 aromatic carbocycles. The Morgan fingerprint density at radius 3 is 1.71 bits per heavy atom. The lowest BCUT2D eigenvalue weighted by atomic mass is 9.99. The van der Waals surface area contributed by atoms with Crippen molar-refractivity contribution in [3.63, 3.8) is 0 Å². The Kier molecular flexibility index (Phi) is 25.7. The molecular weight excluding hydrogens is 346 g/mol. The van der Waals surface area contributed by atoms with Gasteiger partial charge in [-0.3, -0.25) is 0 Å². The van der Waals surface area contributed by atoms with Gasteiger partial charge in [-0.2, -0.15) is 0 Å². The zero-order chi connectivity index (χ0) is 22.4. The Morgan fingerprint density at radius 1 is 0.857 bits per heavy atom. The van der Waals surface area contributed by atoms with E-state index in [1.807, 2.05) is 34.6 Å². The number of ether oxygens (including phenoxy) is 1. The number of carbonyl (C=O) groups excluding carboxylic acids is 1. The van der Waals surface area contributed by atoms with Crippen molar-refractivity contribution in [3.8, 4) is 0 Å². The van der Waals surface area contributed by atoms with Crippen LogP contribution in [0.1, 0.15) is 133 Å². The lowest BCUT2D eigenvalue weighted by molar-refractivity contribution is 0.0295. The maximum Gasteiger partial charge on any atom is 0.410 e. The van der Waals surface area contributed by atoms with E-state index in [0.29, 0.717) is 0 Å². The smallest absolute Gasteiger partial charge is 0.410 e. The van der Waals surface area contributed by atoms with Crippen LogP contribution >= 0.6 is 0 Å². The van der Waals surface area contributed by atoms with Gasteiger partial charge in [-0.15, -0.1) is 0 Å². The molecule has 0 aromatic rings. The predicted octanol–water partition coefficient (Wildman–Crippen LogP) is 8.85. The predicted molar refractivity (Wildman–Crippen MR) is 127 cm³/mol. The molecule has 1 aliphatic rings. The second-order valence-corrected chi connectivity index (χ2v) is 8.56. The molecule has 1 aliphatic heterocycles. The summed E-state index contributed by atoms with van der Waals surface area (Å²) in [5, 5.41) is 0. The number of carbonyl (C=O) groups is 1. The van der Waals surface area contributed by atoms with Crippen molar-refractivity contribution in [2.45, 2.75) is 139 Å². The highest BCUT2D eigenvalue weighted by molar-refractivity contribution is 5.68. The minimum Gasteiger partial charge on any atom is -0.444 e. The molecule has 1 atom stereocenters. The van der Waals surface area contributed by atoms with Crippen LogP contribution in [0.4, 0.5) is 4.79 Å². The Balaban J connectivity index is -0.000000353. The SMILES string of the molecule is CC.CC(C)(C)OC(=O)N1CCCC1.CCCC.CCCCCC(C)CCC. The van der Waals surface area contributed by atoms with Crippen molar-refractivity contribution in [2.75, 3.05) is 13.1 Å². The van der Waals surface area contributed by atoms with Crippen LogP contribution in [0.15, 0.2) is 0 Å². The first kappa shape index (κ1) is 31.9. The van der Waals surface area contributed by atoms with Gasteiger partial charge in [0.15, 0.2) is 0 Å². The molecule has 0 radical (unpaired) electrons. The first-order chi connectivity index (χ1) is 13.2. The normalized spacial score (nSPS) is 13.9. The Hall–Kier alpha value is -0.730. The first-order valence-electron chi connectivity index (χ1n) is 12.2. The first-order valence-corrected chi connectivity index (χ1v) is 12.2. The highest BCUT2D eigenvalue weighted by atomic mass is 16.6. The van der Waals surface area contributed by atoms with Gasteiger partial charge in [0.2, 0.25) is 0 Å². The van der Waals surface area contributed by atoms with Crippen LogP contribution in [0.5, 0.6) is 0 Å². The standard InChI is InChI=1S/C10H22.C9H17NO2.C4H10.C2H6/c1-4-6-7-9-10(3)8-5-2;1-9(2,3)12-8(11)10-6-4-5-7-10;1-3-4-2;1-2/h10H,4-9H2,1-3H3;4-7H2,1-3H3;3-4H2,1-2H3;1-2H3. The van der Waals surface area contributed by atoms with Crippen molar-refractivity contribution in [2.24, 2.45) is 5.92 Å². The fourth-order valence-corrected chi connectivity index (χ4v) is 2.61. The summed E-state index contributed by atoms with van der Waals surface area (Å²) in [4.78, 5) is 13.1. The van der Waals surface area contributed by atoms with Crippen LogP contribution in [0.2, 0.25) is 0 Å². The molecule has 0 saturated carbocycles. The number of likely N-dealkylation sites (tertiary alicyclic amines) is 1. The number of hydrogen-bond donors (Lipinski definition) is 0. The Labute approximate surface area is 179 Å². The highest BCUT2D eigenvalue weighted by Crippen LogP contribution is 2.14. The second-order valence-electron chi connectivity index (χ2n) is 8.56.